The summed E-state index contributed by atoms with van der Waals surface area (Å²) in [7, 11) is -1.97. The summed E-state index contributed by atoms with van der Waals surface area (Å²) < 4.78 is 25.5. The average molecular weight is 423 g/mol. The Kier molecular flexibility index (Phi) is 7.44. The van der Waals surface area contributed by atoms with Gasteiger partial charge in [-0.05, 0) is 58.3 Å². The van der Waals surface area contributed by atoms with Crippen LogP contribution in [0, 0.1) is 0 Å². The van der Waals surface area contributed by atoms with Crippen molar-refractivity contribution in [3.8, 4) is 0 Å². The molecule has 0 unspecified atom stereocenters. The summed E-state index contributed by atoms with van der Waals surface area (Å²) in [5, 5.41) is 0.131. The molecule has 0 N–H and O–H groups in total. The van der Waals surface area contributed by atoms with Gasteiger partial charge in [-0.1, -0.05) is 51.1 Å². The van der Waals surface area contributed by atoms with Crippen LogP contribution in [0.5, 0.6) is 0 Å². The molecule has 29 heavy (non-hydrogen) atoms. The Morgan fingerprint density at radius 1 is 1.07 bits per heavy atom. The maximum absolute atomic E-state index is 6.85. The van der Waals surface area contributed by atoms with Gasteiger partial charge in [-0.25, -0.2) is 0 Å². The van der Waals surface area contributed by atoms with Crippen molar-refractivity contribution in [1.82, 2.24) is 0 Å². The van der Waals surface area contributed by atoms with Crippen LogP contribution in [0.3, 0.4) is 0 Å². The predicted molar refractivity (Wildman–Crippen MR) is 121 cm³/mol. The van der Waals surface area contributed by atoms with Crippen molar-refractivity contribution in [2.24, 2.45) is 0 Å². The van der Waals surface area contributed by atoms with Crippen molar-refractivity contribution in [2.45, 2.75) is 116 Å². The monoisotopic (exact) mass is 422 g/mol. The Morgan fingerprint density at radius 3 is 2.14 bits per heavy atom. The van der Waals surface area contributed by atoms with Gasteiger partial charge < -0.3 is 18.6 Å². The zero-order chi connectivity index (χ0) is 22.1. The lowest BCUT2D eigenvalue weighted by Gasteiger charge is -2.42. The van der Waals surface area contributed by atoms with Gasteiger partial charge in [0.2, 0.25) is 0 Å². The second-order valence-electron chi connectivity index (χ2n) is 10.9. The van der Waals surface area contributed by atoms with Crippen molar-refractivity contribution in [3.63, 3.8) is 0 Å². The minimum atomic E-state index is -1.97. The van der Waals surface area contributed by atoms with Crippen LogP contribution < -0.4 is 0 Å². The van der Waals surface area contributed by atoms with Gasteiger partial charge in [-0.2, -0.15) is 0 Å². The molecule has 1 aromatic rings. The highest BCUT2D eigenvalue weighted by molar-refractivity contribution is 6.74. The molecule has 1 fully saturated rings. The molecule has 0 saturated carbocycles. The summed E-state index contributed by atoms with van der Waals surface area (Å²) in [6.07, 6.45) is 0.600. The summed E-state index contributed by atoms with van der Waals surface area (Å²) in [6, 6.07) is 10.3. The number of hydrogen-bond acceptors (Lipinski definition) is 4. The van der Waals surface area contributed by atoms with Gasteiger partial charge in [-0.15, -0.1) is 0 Å². The molecule has 1 aliphatic rings. The Hall–Kier alpha value is -0.723. The summed E-state index contributed by atoms with van der Waals surface area (Å²) in [6.45, 7) is 22.3. The van der Waals surface area contributed by atoms with E-state index >= 15 is 0 Å². The Bertz CT molecular complexity index is 649. The van der Waals surface area contributed by atoms with Crippen LogP contribution in [0.15, 0.2) is 30.3 Å². The molecule has 0 aliphatic carbocycles. The van der Waals surface area contributed by atoms with Crippen LogP contribution >= 0.6 is 0 Å². The smallest absolute Gasteiger partial charge is 0.192 e. The molecule has 0 amide bonds. The van der Waals surface area contributed by atoms with Gasteiger partial charge in [0.1, 0.15) is 0 Å². The van der Waals surface area contributed by atoms with E-state index in [4.69, 9.17) is 18.6 Å². The topological polar surface area (TPSA) is 36.9 Å². The van der Waals surface area contributed by atoms with Crippen LogP contribution in [0.4, 0.5) is 0 Å². The molecule has 1 saturated heterocycles. The Labute approximate surface area is 179 Å². The van der Waals surface area contributed by atoms with E-state index in [0.717, 1.165) is 6.42 Å². The first-order valence-electron chi connectivity index (χ1n) is 10.8. The van der Waals surface area contributed by atoms with E-state index in [1.807, 2.05) is 32.0 Å². The van der Waals surface area contributed by atoms with Crippen LogP contribution in [-0.4, -0.2) is 38.0 Å². The van der Waals surface area contributed by atoms with Gasteiger partial charge in [0.25, 0.3) is 0 Å². The largest absolute Gasteiger partial charge is 0.411 e. The molecule has 2 rings (SSSR count). The van der Waals surface area contributed by atoms with Crippen molar-refractivity contribution in [1.29, 1.82) is 0 Å². The van der Waals surface area contributed by atoms with Gasteiger partial charge in [0.15, 0.2) is 14.1 Å². The number of ether oxygens (including phenoxy) is 3. The Balaban J connectivity index is 2.16. The molecule has 166 valence electrons. The van der Waals surface area contributed by atoms with Crippen LogP contribution in [0.1, 0.15) is 67.4 Å². The first kappa shape index (κ1) is 24.5. The zero-order valence-electron chi connectivity index (χ0n) is 20.2. The minimum Gasteiger partial charge on any atom is -0.411 e. The fourth-order valence-electron chi connectivity index (χ4n) is 3.55. The quantitative estimate of drug-likeness (QED) is 0.461. The normalized spacial score (nSPS) is 23.7. The zero-order valence-corrected chi connectivity index (χ0v) is 21.2. The molecule has 1 aromatic carbocycles. The van der Waals surface area contributed by atoms with E-state index in [0.29, 0.717) is 6.61 Å². The van der Waals surface area contributed by atoms with Crippen molar-refractivity contribution >= 4 is 8.32 Å². The van der Waals surface area contributed by atoms with Crippen LogP contribution in [0.2, 0.25) is 18.1 Å². The molecular formula is C24H42O4Si. The number of rotatable bonds is 8. The highest BCUT2D eigenvalue weighted by atomic mass is 28.4. The van der Waals surface area contributed by atoms with E-state index in [-0.39, 0.29) is 29.0 Å². The lowest BCUT2D eigenvalue weighted by molar-refractivity contribution is -0.159. The van der Waals surface area contributed by atoms with E-state index in [9.17, 15) is 0 Å². The van der Waals surface area contributed by atoms with E-state index in [1.165, 1.54) is 5.56 Å². The maximum Gasteiger partial charge on any atom is 0.192 e. The number of benzene rings is 1. The summed E-state index contributed by atoms with van der Waals surface area (Å²) >= 11 is 0. The van der Waals surface area contributed by atoms with Gasteiger partial charge >= 0.3 is 0 Å². The fourth-order valence-corrected chi connectivity index (χ4v) is 4.95. The standard InChI is InChI=1S/C24H42O4Si/c1-18(25-17-19-14-12-11-13-15-19)20(27-29(9,10)22(2,3)4)16-21-23(5,6)28-24(7,8)26-21/h11-15,18,20-21H,16-17H2,1-10H3/t18-,20+,21-/m1/s1. The summed E-state index contributed by atoms with van der Waals surface area (Å²) in [4.78, 5) is 0. The second-order valence-corrected chi connectivity index (χ2v) is 15.6. The molecule has 0 aromatic heterocycles. The van der Waals surface area contributed by atoms with E-state index in [2.05, 4.69) is 66.8 Å². The van der Waals surface area contributed by atoms with Crippen molar-refractivity contribution < 1.29 is 18.6 Å². The van der Waals surface area contributed by atoms with Gasteiger partial charge in [0, 0.05) is 6.42 Å². The third kappa shape index (κ3) is 6.63. The SMILES string of the molecule is C[C@@H](OCc1ccccc1)[C@H](C[C@H]1OC(C)(C)OC1(C)C)O[Si](C)(C)C(C)(C)C. The second kappa shape index (κ2) is 8.79. The molecule has 5 heteroatoms. The highest BCUT2D eigenvalue weighted by Crippen LogP contribution is 2.42. The molecule has 0 spiro atoms. The summed E-state index contributed by atoms with van der Waals surface area (Å²) in [5.74, 6) is -0.580. The van der Waals surface area contributed by atoms with Crippen molar-refractivity contribution in [2.75, 3.05) is 0 Å². The van der Waals surface area contributed by atoms with Crippen LogP contribution in [0.25, 0.3) is 0 Å². The predicted octanol–water partition coefficient (Wildman–Crippen LogP) is 6.30. The van der Waals surface area contributed by atoms with Crippen LogP contribution in [-0.2, 0) is 25.2 Å². The van der Waals surface area contributed by atoms with Gasteiger partial charge in [0.05, 0.1) is 30.5 Å². The maximum atomic E-state index is 6.85. The van der Waals surface area contributed by atoms with Crippen molar-refractivity contribution in [3.05, 3.63) is 35.9 Å². The average Bonchev–Trinajstić information content (AvgIpc) is 2.78. The summed E-state index contributed by atoms with van der Waals surface area (Å²) in [5.41, 5.74) is 0.810. The van der Waals surface area contributed by atoms with E-state index in [1.54, 1.807) is 0 Å². The molecule has 3 atom stereocenters. The lowest BCUT2D eigenvalue weighted by Crippen LogP contribution is -2.49. The third-order valence-electron chi connectivity index (χ3n) is 6.29. The first-order chi connectivity index (χ1) is 13.1. The third-order valence-corrected chi connectivity index (χ3v) is 10.8. The molecule has 0 radical (unpaired) electrons. The highest BCUT2D eigenvalue weighted by Gasteiger charge is 2.49. The molecule has 1 aliphatic heterocycles. The molecule has 0 bridgehead atoms. The lowest BCUT2D eigenvalue weighted by atomic mass is 9.95. The molecule has 1 heterocycles. The number of hydrogen-bond donors (Lipinski definition) is 0. The molecule has 4 nitrogen and oxygen atoms in total. The minimum absolute atomic E-state index is 0.0463. The Morgan fingerprint density at radius 2 is 1.66 bits per heavy atom. The first-order valence-corrected chi connectivity index (χ1v) is 13.8. The van der Waals surface area contributed by atoms with E-state index < -0.39 is 14.1 Å². The molecular weight excluding hydrogens is 380 g/mol. The van der Waals surface area contributed by atoms with Gasteiger partial charge in [-0.3, -0.25) is 0 Å². The fraction of sp³-hybridized carbons (Fsp3) is 0.750.